The molecule has 1 unspecified atom stereocenters. The number of rotatable bonds is 4. The summed E-state index contributed by atoms with van der Waals surface area (Å²) in [5, 5.41) is 9.32. The Morgan fingerprint density at radius 3 is 2.80 bits per heavy atom. The molecule has 1 fully saturated rings. The topological polar surface area (TPSA) is 70.4 Å². The molecule has 1 aliphatic heterocycles. The summed E-state index contributed by atoms with van der Waals surface area (Å²) >= 11 is 0. The summed E-state index contributed by atoms with van der Waals surface area (Å²) in [4.78, 5) is 0. The number of likely N-dealkylation sites (N-methyl/N-ethyl adjacent to an activating group) is 1. The monoisotopic (exact) mass is 294 g/mol. The lowest BCUT2D eigenvalue weighted by Crippen LogP contribution is -2.49. The van der Waals surface area contributed by atoms with Gasteiger partial charge in [0.1, 0.15) is 5.54 Å². The molecule has 20 heavy (non-hydrogen) atoms. The molecular weight excluding hydrogens is 276 g/mol. The van der Waals surface area contributed by atoms with Crippen molar-refractivity contribution in [3.05, 3.63) is 35.4 Å². The molecule has 0 amide bonds. The molecule has 0 N–H and O–H groups in total. The molecule has 2 rings (SSSR count). The van der Waals surface area contributed by atoms with E-state index in [1.807, 2.05) is 25.1 Å². The Morgan fingerprint density at radius 1 is 1.50 bits per heavy atom. The molecule has 0 bridgehead atoms. The van der Waals surface area contributed by atoms with Crippen molar-refractivity contribution < 1.29 is 13.2 Å². The second-order valence-corrected chi connectivity index (χ2v) is 7.16. The smallest absolute Gasteiger partial charge is 0.219 e. The summed E-state index contributed by atoms with van der Waals surface area (Å²) in [6, 6.07) is 9.48. The van der Waals surface area contributed by atoms with Crippen LogP contribution in [0.5, 0.6) is 0 Å². The van der Waals surface area contributed by atoms with Crippen LogP contribution in [0.25, 0.3) is 0 Å². The average molecular weight is 294 g/mol. The Balaban J connectivity index is 2.24. The van der Waals surface area contributed by atoms with Crippen LogP contribution in [0.4, 0.5) is 0 Å². The van der Waals surface area contributed by atoms with Crippen LogP contribution < -0.4 is 0 Å². The number of hydrogen-bond acceptors (Lipinski definition) is 4. The van der Waals surface area contributed by atoms with Crippen LogP contribution in [0.1, 0.15) is 17.5 Å². The molecule has 1 aliphatic rings. The van der Waals surface area contributed by atoms with Crippen LogP contribution in [-0.2, 0) is 20.5 Å². The third kappa shape index (κ3) is 2.85. The highest BCUT2D eigenvalue weighted by Gasteiger charge is 2.44. The highest BCUT2D eigenvalue weighted by molar-refractivity contribution is 7.88. The number of hydrogen-bond donors (Lipinski definition) is 0. The zero-order valence-corrected chi connectivity index (χ0v) is 12.5. The summed E-state index contributed by atoms with van der Waals surface area (Å²) in [6.07, 6.45) is 0.410. The maximum absolute atomic E-state index is 12.5. The fourth-order valence-corrected chi connectivity index (χ4v) is 3.85. The van der Waals surface area contributed by atoms with Gasteiger partial charge in [-0.1, -0.05) is 29.8 Å². The van der Waals surface area contributed by atoms with Gasteiger partial charge in [0.05, 0.1) is 18.4 Å². The molecule has 1 aromatic rings. The number of nitriles is 1. The van der Waals surface area contributed by atoms with Crippen LogP contribution in [0.2, 0.25) is 0 Å². The van der Waals surface area contributed by atoms with E-state index in [2.05, 4.69) is 6.07 Å². The van der Waals surface area contributed by atoms with Crippen molar-refractivity contribution in [2.24, 2.45) is 0 Å². The first kappa shape index (κ1) is 15.0. The fourth-order valence-electron chi connectivity index (χ4n) is 2.34. The molecule has 108 valence electrons. The molecule has 1 atom stereocenters. The minimum atomic E-state index is -3.55. The van der Waals surface area contributed by atoms with E-state index >= 15 is 0 Å². The lowest BCUT2D eigenvalue weighted by molar-refractivity contribution is 0.162. The minimum Gasteiger partial charge on any atom is -0.378 e. The van der Waals surface area contributed by atoms with Crippen molar-refractivity contribution in [3.8, 4) is 6.07 Å². The number of benzene rings is 1. The largest absolute Gasteiger partial charge is 0.378 e. The van der Waals surface area contributed by atoms with E-state index in [-0.39, 0.29) is 12.4 Å². The van der Waals surface area contributed by atoms with Gasteiger partial charge in [-0.25, -0.2) is 8.42 Å². The molecule has 6 heteroatoms. The van der Waals surface area contributed by atoms with E-state index in [4.69, 9.17) is 4.74 Å². The highest BCUT2D eigenvalue weighted by Crippen LogP contribution is 2.28. The lowest BCUT2D eigenvalue weighted by Gasteiger charge is -2.30. The number of sulfonamides is 1. The molecule has 1 aromatic carbocycles. The first-order chi connectivity index (χ1) is 9.39. The molecular formula is C14H18N2O3S. The van der Waals surface area contributed by atoms with Gasteiger partial charge in [0, 0.05) is 20.1 Å². The maximum atomic E-state index is 12.5. The normalized spacial score (nSPS) is 22.9. The van der Waals surface area contributed by atoms with Gasteiger partial charge in [-0.3, -0.25) is 0 Å². The van der Waals surface area contributed by atoms with Crippen LogP contribution in [0, 0.1) is 18.3 Å². The third-order valence-electron chi connectivity index (χ3n) is 3.66. The van der Waals surface area contributed by atoms with E-state index < -0.39 is 15.6 Å². The fraction of sp³-hybridized carbons (Fsp3) is 0.500. The van der Waals surface area contributed by atoms with Crippen LogP contribution in [-0.4, -0.2) is 38.5 Å². The van der Waals surface area contributed by atoms with Gasteiger partial charge in [0.25, 0.3) is 0 Å². The number of nitrogens with zero attached hydrogens (tertiary/aromatic N) is 2. The summed E-state index contributed by atoms with van der Waals surface area (Å²) < 4.78 is 31.3. The molecule has 5 nitrogen and oxygen atoms in total. The molecule has 0 saturated carbocycles. The van der Waals surface area contributed by atoms with Crippen molar-refractivity contribution >= 4 is 10.0 Å². The molecule has 0 aliphatic carbocycles. The van der Waals surface area contributed by atoms with Gasteiger partial charge in [-0.15, -0.1) is 0 Å². The summed E-state index contributed by atoms with van der Waals surface area (Å²) in [6.45, 7) is 2.46. The first-order valence-electron chi connectivity index (χ1n) is 6.41. The summed E-state index contributed by atoms with van der Waals surface area (Å²) in [5.74, 6) is -0.103. The Hall–Kier alpha value is -1.42. The molecule has 1 heterocycles. The second-order valence-electron chi connectivity index (χ2n) is 5.16. The van der Waals surface area contributed by atoms with E-state index in [1.54, 1.807) is 6.07 Å². The van der Waals surface area contributed by atoms with Crippen molar-refractivity contribution in [1.29, 1.82) is 5.26 Å². The van der Waals surface area contributed by atoms with Gasteiger partial charge in [0.15, 0.2) is 0 Å². The predicted molar refractivity (Wildman–Crippen MR) is 75.3 cm³/mol. The molecule has 1 saturated heterocycles. The standard InChI is InChI=1S/C14H18N2O3S/c1-12-4-3-5-13(8-12)9-20(17,18)16(2)14(10-15)6-7-19-11-14/h3-5,8H,6-7,9,11H2,1-2H3. The average Bonchev–Trinajstić information content (AvgIpc) is 2.87. The van der Waals surface area contributed by atoms with Crippen molar-refractivity contribution in [3.63, 3.8) is 0 Å². The first-order valence-corrected chi connectivity index (χ1v) is 8.02. The van der Waals surface area contributed by atoms with E-state index in [0.717, 1.165) is 11.1 Å². The second kappa shape index (κ2) is 5.52. The Kier molecular flexibility index (Phi) is 4.14. The van der Waals surface area contributed by atoms with Crippen molar-refractivity contribution in [2.75, 3.05) is 20.3 Å². The zero-order valence-electron chi connectivity index (χ0n) is 11.7. The van der Waals surface area contributed by atoms with Crippen molar-refractivity contribution in [2.45, 2.75) is 24.6 Å². The number of aryl methyl sites for hydroxylation is 1. The minimum absolute atomic E-state index is 0.103. The summed E-state index contributed by atoms with van der Waals surface area (Å²) in [7, 11) is -2.09. The highest BCUT2D eigenvalue weighted by atomic mass is 32.2. The SMILES string of the molecule is Cc1cccc(CS(=O)(=O)N(C)C2(C#N)CCOC2)c1. The zero-order chi connectivity index (χ0) is 14.8. The third-order valence-corrected chi connectivity index (χ3v) is 5.54. The quantitative estimate of drug-likeness (QED) is 0.842. The Labute approximate surface area is 119 Å². The van der Waals surface area contributed by atoms with Gasteiger partial charge in [-0.2, -0.15) is 9.57 Å². The van der Waals surface area contributed by atoms with Crippen molar-refractivity contribution in [1.82, 2.24) is 4.31 Å². The summed E-state index contributed by atoms with van der Waals surface area (Å²) in [5.41, 5.74) is 0.672. The van der Waals surface area contributed by atoms with E-state index in [9.17, 15) is 13.7 Å². The lowest BCUT2D eigenvalue weighted by atomic mass is 10.0. The molecule has 0 spiro atoms. The van der Waals surface area contributed by atoms with Crippen LogP contribution >= 0.6 is 0 Å². The van der Waals surface area contributed by atoms with Gasteiger partial charge in [-0.05, 0) is 12.5 Å². The number of ether oxygens (including phenoxy) is 1. The van der Waals surface area contributed by atoms with E-state index in [1.165, 1.54) is 11.4 Å². The van der Waals surface area contributed by atoms with Gasteiger partial charge < -0.3 is 4.74 Å². The molecule has 0 aromatic heterocycles. The Bertz CT molecular complexity index is 628. The predicted octanol–water partition coefficient (Wildman–Crippen LogP) is 1.44. The van der Waals surface area contributed by atoms with Gasteiger partial charge in [0.2, 0.25) is 10.0 Å². The van der Waals surface area contributed by atoms with Crippen LogP contribution in [0.3, 0.4) is 0 Å². The Morgan fingerprint density at radius 2 is 2.25 bits per heavy atom. The molecule has 0 radical (unpaired) electrons. The maximum Gasteiger partial charge on any atom is 0.219 e. The van der Waals surface area contributed by atoms with Crippen LogP contribution in [0.15, 0.2) is 24.3 Å². The van der Waals surface area contributed by atoms with E-state index in [0.29, 0.717) is 13.0 Å². The van der Waals surface area contributed by atoms with Gasteiger partial charge >= 0.3 is 0 Å².